The molecule has 6 nitrogen and oxygen atoms in total. The predicted molar refractivity (Wildman–Crippen MR) is 79.5 cm³/mol. The van der Waals surface area contributed by atoms with Crippen molar-refractivity contribution in [1.29, 1.82) is 0 Å². The van der Waals surface area contributed by atoms with Crippen molar-refractivity contribution in [3.63, 3.8) is 0 Å². The summed E-state index contributed by atoms with van der Waals surface area (Å²) in [7, 11) is 1.81. The number of rotatable bonds is 6. The Morgan fingerprint density at radius 3 is 2.67 bits per heavy atom. The molecule has 0 atom stereocenters. The van der Waals surface area contributed by atoms with E-state index in [4.69, 9.17) is 5.73 Å². The molecule has 2 rings (SSSR count). The molecule has 1 saturated carbocycles. The minimum atomic E-state index is -0.483. The van der Waals surface area contributed by atoms with Crippen molar-refractivity contribution >= 4 is 11.8 Å². The SMILES string of the molecule is Cn1cnc(C(=O)N(CCC2CCCCC2)CC(N)=O)c1. The Kier molecular flexibility index (Phi) is 5.36. The van der Waals surface area contributed by atoms with Gasteiger partial charge in [0.15, 0.2) is 0 Å². The second-order valence-electron chi connectivity index (χ2n) is 5.91. The van der Waals surface area contributed by atoms with Gasteiger partial charge in [0.2, 0.25) is 5.91 Å². The van der Waals surface area contributed by atoms with Gasteiger partial charge < -0.3 is 15.2 Å². The van der Waals surface area contributed by atoms with Gasteiger partial charge in [-0.05, 0) is 12.3 Å². The molecule has 6 heteroatoms. The lowest BCUT2D eigenvalue weighted by Gasteiger charge is -2.26. The summed E-state index contributed by atoms with van der Waals surface area (Å²) in [6.45, 7) is 0.533. The summed E-state index contributed by atoms with van der Waals surface area (Å²) in [6.07, 6.45) is 10.5. The molecule has 1 heterocycles. The van der Waals surface area contributed by atoms with Crippen LogP contribution in [0.5, 0.6) is 0 Å². The molecular formula is C15H24N4O2. The Morgan fingerprint density at radius 2 is 2.10 bits per heavy atom. The van der Waals surface area contributed by atoms with E-state index in [9.17, 15) is 9.59 Å². The Labute approximate surface area is 125 Å². The molecule has 2 N–H and O–H groups in total. The van der Waals surface area contributed by atoms with Crippen molar-refractivity contribution in [2.24, 2.45) is 18.7 Å². The highest BCUT2D eigenvalue weighted by molar-refractivity contribution is 5.94. The fourth-order valence-corrected chi connectivity index (χ4v) is 2.94. The number of amides is 2. The first-order chi connectivity index (χ1) is 10.1. The minimum absolute atomic E-state index is 0.0396. The van der Waals surface area contributed by atoms with Crippen molar-refractivity contribution in [3.05, 3.63) is 18.2 Å². The average Bonchev–Trinajstić information content (AvgIpc) is 2.90. The predicted octanol–water partition coefficient (Wildman–Crippen LogP) is 1.32. The third kappa shape index (κ3) is 4.58. The molecule has 1 aliphatic carbocycles. The lowest BCUT2D eigenvalue weighted by molar-refractivity contribution is -0.118. The van der Waals surface area contributed by atoms with Gasteiger partial charge in [-0.1, -0.05) is 32.1 Å². The number of primary amides is 1. The lowest BCUT2D eigenvalue weighted by atomic mass is 9.87. The van der Waals surface area contributed by atoms with Gasteiger partial charge in [-0.2, -0.15) is 0 Å². The van der Waals surface area contributed by atoms with E-state index in [1.807, 2.05) is 7.05 Å². The van der Waals surface area contributed by atoms with Crippen LogP contribution < -0.4 is 5.73 Å². The van der Waals surface area contributed by atoms with E-state index in [-0.39, 0.29) is 12.5 Å². The van der Waals surface area contributed by atoms with E-state index >= 15 is 0 Å². The maximum Gasteiger partial charge on any atom is 0.274 e. The third-order valence-corrected chi connectivity index (χ3v) is 4.09. The zero-order valence-corrected chi connectivity index (χ0v) is 12.6. The van der Waals surface area contributed by atoms with Crippen LogP contribution >= 0.6 is 0 Å². The molecule has 1 aromatic rings. The molecule has 0 bridgehead atoms. The monoisotopic (exact) mass is 292 g/mol. The molecule has 116 valence electrons. The normalized spacial score (nSPS) is 15.9. The number of nitrogens with zero attached hydrogens (tertiary/aromatic N) is 3. The average molecular weight is 292 g/mol. The molecule has 21 heavy (non-hydrogen) atoms. The second kappa shape index (κ2) is 7.24. The number of carbonyl (C=O) groups is 2. The summed E-state index contributed by atoms with van der Waals surface area (Å²) in [4.78, 5) is 29.2. The van der Waals surface area contributed by atoms with E-state index in [2.05, 4.69) is 4.98 Å². The van der Waals surface area contributed by atoms with Gasteiger partial charge in [0.1, 0.15) is 5.69 Å². The van der Waals surface area contributed by atoms with Crippen molar-refractivity contribution in [2.75, 3.05) is 13.1 Å². The van der Waals surface area contributed by atoms with Crippen LogP contribution in [0.15, 0.2) is 12.5 Å². The largest absolute Gasteiger partial charge is 0.368 e. The van der Waals surface area contributed by atoms with E-state index in [0.717, 1.165) is 6.42 Å². The molecule has 2 amide bonds. The molecule has 1 aromatic heterocycles. The standard InChI is InChI=1S/C15H24N4O2/c1-18-9-13(17-11-18)15(21)19(10-14(16)20)8-7-12-5-3-2-4-6-12/h9,11-12H,2-8,10H2,1H3,(H2,16,20). The van der Waals surface area contributed by atoms with Crippen LogP contribution in [-0.2, 0) is 11.8 Å². The molecular weight excluding hydrogens is 268 g/mol. The van der Waals surface area contributed by atoms with Gasteiger partial charge in [-0.3, -0.25) is 9.59 Å². The van der Waals surface area contributed by atoms with Crippen LogP contribution in [0.25, 0.3) is 0 Å². The molecule has 0 saturated heterocycles. The first-order valence-electron chi connectivity index (χ1n) is 7.62. The molecule has 0 aliphatic heterocycles. The van der Waals surface area contributed by atoms with Gasteiger partial charge in [-0.25, -0.2) is 4.98 Å². The lowest BCUT2D eigenvalue weighted by Crippen LogP contribution is -2.39. The Morgan fingerprint density at radius 1 is 1.38 bits per heavy atom. The molecule has 0 spiro atoms. The fourth-order valence-electron chi connectivity index (χ4n) is 2.94. The van der Waals surface area contributed by atoms with Crippen LogP contribution in [0.4, 0.5) is 0 Å². The van der Waals surface area contributed by atoms with Crippen LogP contribution in [0.1, 0.15) is 49.0 Å². The summed E-state index contributed by atoms with van der Waals surface area (Å²) in [5, 5.41) is 0. The maximum atomic E-state index is 12.4. The van der Waals surface area contributed by atoms with Crippen molar-refractivity contribution in [1.82, 2.24) is 14.5 Å². The van der Waals surface area contributed by atoms with E-state index in [1.165, 1.54) is 37.0 Å². The Hall–Kier alpha value is -1.85. The van der Waals surface area contributed by atoms with Gasteiger partial charge in [0, 0.05) is 19.8 Å². The molecule has 1 aliphatic rings. The van der Waals surface area contributed by atoms with Crippen molar-refractivity contribution in [3.8, 4) is 0 Å². The number of imidazole rings is 1. The van der Waals surface area contributed by atoms with Gasteiger partial charge in [0.05, 0.1) is 12.9 Å². The van der Waals surface area contributed by atoms with E-state index in [1.54, 1.807) is 17.1 Å². The zero-order valence-electron chi connectivity index (χ0n) is 12.6. The highest BCUT2D eigenvalue weighted by Crippen LogP contribution is 2.26. The zero-order chi connectivity index (χ0) is 15.2. The third-order valence-electron chi connectivity index (χ3n) is 4.09. The van der Waals surface area contributed by atoms with Crippen molar-refractivity contribution in [2.45, 2.75) is 38.5 Å². The summed E-state index contributed by atoms with van der Waals surface area (Å²) >= 11 is 0. The number of carbonyl (C=O) groups excluding carboxylic acids is 2. The van der Waals surface area contributed by atoms with Crippen LogP contribution in [-0.4, -0.2) is 39.4 Å². The summed E-state index contributed by atoms with van der Waals surface area (Å²) in [5.41, 5.74) is 5.63. The summed E-state index contributed by atoms with van der Waals surface area (Å²) in [5.74, 6) is -0.0428. The highest BCUT2D eigenvalue weighted by atomic mass is 16.2. The quantitative estimate of drug-likeness (QED) is 0.858. The topological polar surface area (TPSA) is 81.2 Å². The van der Waals surface area contributed by atoms with Gasteiger partial charge >= 0.3 is 0 Å². The first kappa shape index (κ1) is 15.5. The maximum absolute atomic E-state index is 12.4. The summed E-state index contributed by atoms with van der Waals surface area (Å²) < 4.78 is 1.72. The molecule has 0 radical (unpaired) electrons. The first-order valence-corrected chi connectivity index (χ1v) is 7.62. The van der Waals surface area contributed by atoms with Gasteiger partial charge in [0.25, 0.3) is 5.91 Å². The number of nitrogens with two attached hydrogens (primary N) is 1. The highest BCUT2D eigenvalue weighted by Gasteiger charge is 2.22. The van der Waals surface area contributed by atoms with Gasteiger partial charge in [-0.15, -0.1) is 0 Å². The Bertz CT molecular complexity index is 492. The smallest absolute Gasteiger partial charge is 0.274 e. The van der Waals surface area contributed by atoms with Crippen LogP contribution in [0.2, 0.25) is 0 Å². The van der Waals surface area contributed by atoms with Crippen molar-refractivity contribution < 1.29 is 9.59 Å². The minimum Gasteiger partial charge on any atom is -0.368 e. The fraction of sp³-hybridized carbons (Fsp3) is 0.667. The molecule has 0 aromatic carbocycles. The van der Waals surface area contributed by atoms with E-state index in [0.29, 0.717) is 18.2 Å². The second-order valence-corrected chi connectivity index (χ2v) is 5.91. The van der Waals surface area contributed by atoms with Crippen LogP contribution in [0, 0.1) is 5.92 Å². The number of aryl methyl sites for hydroxylation is 1. The Balaban J connectivity index is 1.96. The number of hydrogen-bond donors (Lipinski definition) is 1. The van der Waals surface area contributed by atoms with Crippen LogP contribution in [0.3, 0.4) is 0 Å². The summed E-state index contributed by atoms with van der Waals surface area (Å²) in [6, 6.07) is 0. The molecule has 1 fully saturated rings. The van der Waals surface area contributed by atoms with E-state index < -0.39 is 5.91 Å². The molecule has 0 unspecified atom stereocenters. The number of aromatic nitrogens is 2. The number of hydrogen-bond acceptors (Lipinski definition) is 3.